The van der Waals surface area contributed by atoms with E-state index in [0.29, 0.717) is 23.2 Å². The first-order valence-corrected chi connectivity index (χ1v) is 11.7. The molecule has 5 rings (SSSR count). The second-order valence-electron chi connectivity index (χ2n) is 9.09. The monoisotopic (exact) mass is 471 g/mol. The molecule has 1 N–H and O–H groups in total. The molecular weight excluding hydrogens is 446 g/mol. The molecule has 2 aromatic heterocycles. The number of nitrogens with zero attached hydrogens (tertiary/aromatic N) is 4. The molecule has 0 saturated carbocycles. The fraction of sp³-hybridized carbons (Fsp3) is 0.259. The molecule has 2 unspecified atom stereocenters. The molecule has 34 heavy (non-hydrogen) atoms. The number of nitrogens with one attached hydrogen (secondary N) is 1. The highest BCUT2D eigenvalue weighted by atomic mass is 35.5. The van der Waals surface area contributed by atoms with Gasteiger partial charge in [-0.1, -0.05) is 47.5 Å². The third-order valence-electron chi connectivity index (χ3n) is 6.48. The van der Waals surface area contributed by atoms with Crippen molar-refractivity contribution in [2.75, 3.05) is 0 Å². The van der Waals surface area contributed by atoms with E-state index in [0.717, 1.165) is 28.1 Å². The highest BCUT2D eigenvalue weighted by molar-refractivity contribution is 6.30. The fourth-order valence-electron chi connectivity index (χ4n) is 4.91. The summed E-state index contributed by atoms with van der Waals surface area (Å²) in [6.07, 6.45) is 2.48. The first kappa shape index (κ1) is 22.3. The molecule has 0 fully saturated rings. The molecule has 0 radical (unpaired) electrons. The maximum Gasteiger partial charge on any atom is 0.269 e. The molecule has 0 bridgehead atoms. The van der Waals surface area contributed by atoms with Crippen LogP contribution in [0.3, 0.4) is 0 Å². The number of rotatable bonds is 4. The van der Waals surface area contributed by atoms with Crippen LogP contribution in [0.2, 0.25) is 5.02 Å². The Kier molecular flexibility index (Phi) is 5.70. The number of hydrogen-bond acceptors (Lipinski definition) is 4. The number of H-pyrrole nitrogens is 1. The van der Waals surface area contributed by atoms with E-state index in [1.807, 2.05) is 44.2 Å². The van der Waals surface area contributed by atoms with E-state index >= 15 is 0 Å². The third-order valence-corrected chi connectivity index (χ3v) is 6.73. The number of aromatic amines is 1. The second-order valence-corrected chi connectivity index (χ2v) is 9.53. The number of aryl methyl sites for hydroxylation is 4. The van der Waals surface area contributed by atoms with E-state index in [2.05, 4.69) is 47.3 Å². The highest BCUT2D eigenvalue weighted by Crippen LogP contribution is 2.44. The van der Waals surface area contributed by atoms with Crippen molar-refractivity contribution in [2.24, 2.45) is 0 Å². The van der Waals surface area contributed by atoms with Gasteiger partial charge in [-0.2, -0.15) is 10.1 Å². The summed E-state index contributed by atoms with van der Waals surface area (Å²) in [5, 5.41) is 12.6. The number of ketones is 1. The fourth-order valence-corrected chi connectivity index (χ4v) is 5.04. The van der Waals surface area contributed by atoms with Crippen molar-refractivity contribution in [1.29, 1.82) is 0 Å². The van der Waals surface area contributed by atoms with Gasteiger partial charge in [0, 0.05) is 16.6 Å². The average molecular weight is 472 g/mol. The van der Waals surface area contributed by atoms with Crippen molar-refractivity contribution in [1.82, 2.24) is 25.0 Å². The van der Waals surface area contributed by atoms with Gasteiger partial charge in [0.05, 0.1) is 11.6 Å². The van der Waals surface area contributed by atoms with Crippen molar-refractivity contribution in [3.63, 3.8) is 0 Å². The summed E-state index contributed by atoms with van der Waals surface area (Å²) in [4.78, 5) is 18.3. The lowest BCUT2D eigenvalue weighted by Crippen LogP contribution is -2.25. The van der Waals surface area contributed by atoms with Crippen LogP contribution in [0.5, 0.6) is 0 Å². The topological polar surface area (TPSA) is 76.5 Å². The van der Waals surface area contributed by atoms with E-state index in [9.17, 15) is 4.79 Å². The Morgan fingerprint density at radius 2 is 1.79 bits per heavy atom. The van der Waals surface area contributed by atoms with Crippen LogP contribution in [-0.2, 0) is 4.79 Å². The number of carbonyl (C=O) groups excluding carboxylic acids is 1. The number of hydrogen-bond donors (Lipinski definition) is 1. The third kappa shape index (κ3) is 4.10. The maximum absolute atomic E-state index is 13.6. The van der Waals surface area contributed by atoms with Crippen LogP contribution in [-0.4, -0.2) is 30.7 Å². The van der Waals surface area contributed by atoms with Gasteiger partial charge in [-0.25, -0.2) is 4.68 Å². The standard InChI is InChI=1S/C27H26ClN5O/c1-15-5-10-22(16(2)11-15)20-13-23(19-6-8-21(28)9-7-19)25(24(34)14-20)26-29-27(31-30-26)33-18(4)12-17(3)32-33/h5-12,14,23,25H,13H2,1-4H3,(H,29,30,31). The Labute approximate surface area is 203 Å². The number of aromatic nitrogens is 5. The molecule has 4 aromatic rings. The Bertz CT molecular complexity index is 1410. The molecule has 0 aliphatic heterocycles. The number of halogens is 1. The van der Waals surface area contributed by atoms with Crippen LogP contribution in [0.1, 0.15) is 57.7 Å². The van der Waals surface area contributed by atoms with Crippen LogP contribution in [0.25, 0.3) is 11.5 Å². The Morgan fingerprint density at radius 1 is 1.03 bits per heavy atom. The zero-order valence-corrected chi connectivity index (χ0v) is 20.4. The summed E-state index contributed by atoms with van der Waals surface area (Å²) in [7, 11) is 0. The predicted octanol–water partition coefficient (Wildman–Crippen LogP) is 5.80. The van der Waals surface area contributed by atoms with Gasteiger partial charge in [0.15, 0.2) is 5.78 Å². The van der Waals surface area contributed by atoms with Gasteiger partial charge in [0.2, 0.25) is 0 Å². The Morgan fingerprint density at radius 3 is 2.47 bits per heavy atom. The quantitative estimate of drug-likeness (QED) is 0.408. The number of allylic oxidation sites excluding steroid dienone is 2. The highest BCUT2D eigenvalue weighted by Gasteiger charge is 2.37. The van der Waals surface area contributed by atoms with Crippen molar-refractivity contribution < 1.29 is 4.79 Å². The average Bonchev–Trinajstić information content (AvgIpc) is 3.39. The molecule has 6 nitrogen and oxygen atoms in total. The van der Waals surface area contributed by atoms with Crippen LogP contribution >= 0.6 is 11.6 Å². The minimum atomic E-state index is -0.478. The van der Waals surface area contributed by atoms with Crippen molar-refractivity contribution >= 4 is 23.0 Å². The summed E-state index contributed by atoms with van der Waals surface area (Å²) >= 11 is 6.16. The van der Waals surface area contributed by atoms with Gasteiger partial charge in [-0.3, -0.25) is 9.89 Å². The van der Waals surface area contributed by atoms with Gasteiger partial charge in [-0.05, 0) is 80.7 Å². The lowest BCUT2D eigenvalue weighted by atomic mass is 9.73. The largest absolute Gasteiger partial charge is 0.294 e. The minimum absolute atomic E-state index is 0.0113. The van der Waals surface area contributed by atoms with E-state index < -0.39 is 5.92 Å². The van der Waals surface area contributed by atoms with Crippen molar-refractivity contribution in [3.05, 3.63) is 99.1 Å². The van der Waals surface area contributed by atoms with Crippen molar-refractivity contribution in [3.8, 4) is 5.95 Å². The second kappa shape index (κ2) is 8.69. The van der Waals surface area contributed by atoms with Crippen LogP contribution in [0, 0.1) is 27.7 Å². The van der Waals surface area contributed by atoms with Gasteiger partial charge in [0.25, 0.3) is 5.95 Å². The van der Waals surface area contributed by atoms with Crippen LogP contribution in [0.4, 0.5) is 0 Å². The lowest BCUT2D eigenvalue weighted by Gasteiger charge is -2.30. The molecule has 0 spiro atoms. The van der Waals surface area contributed by atoms with Crippen LogP contribution in [0.15, 0.2) is 54.6 Å². The molecule has 172 valence electrons. The van der Waals surface area contributed by atoms with Gasteiger partial charge in [-0.15, -0.1) is 5.10 Å². The maximum atomic E-state index is 13.6. The molecule has 0 saturated heterocycles. The zero-order valence-electron chi connectivity index (χ0n) is 19.6. The SMILES string of the molecule is Cc1ccc(C2=CC(=O)C(c3nc(-n4nc(C)cc4C)n[nH]3)C(c3ccc(Cl)cc3)C2)c(C)c1. The number of benzene rings is 2. The Balaban J connectivity index is 1.58. The van der Waals surface area contributed by atoms with Crippen LogP contribution < -0.4 is 0 Å². The zero-order chi connectivity index (χ0) is 24.0. The molecule has 0 amide bonds. The van der Waals surface area contributed by atoms with Gasteiger partial charge < -0.3 is 0 Å². The normalized spacial score (nSPS) is 18.3. The first-order valence-electron chi connectivity index (χ1n) is 11.3. The van der Waals surface area contributed by atoms with Crippen molar-refractivity contribution in [2.45, 2.75) is 46.0 Å². The molecule has 2 heterocycles. The summed E-state index contributed by atoms with van der Waals surface area (Å²) in [6, 6.07) is 16.1. The molecular formula is C27H26ClN5O. The van der Waals surface area contributed by atoms with Gasteiger partial charge >= 0.3 is 0 Å². The molecule has 1 aliphatic carbocycles. The Hall–Kier alpha value is -3.51. The summed E-state index contributed by atoms with van der Waals surface area (Å²) in [5.41, 5.74) is 7.38. The molecule has 1 aliphatic rings. The van der Waals surface area contributed by atoms with E-state index in [1.54, 1.807) is 10.8 Å². The summed E-state index contributed by atoms with van der Waals surface area (Å²) in [6.45, 7) is 8.05. The summed E-state index contributed by atoms with van der Waals surface area (Å²) < 4.78 is 1.69. The van der Waals surface area contributed by atoms with E-state index in [-0.39, 0.29) is 11.7 Å². The number of carbonyl (C=O) groups is 1. The van der Waals surface area contributed by atoms with E-state index in [4.69, 9.17) is 16.6 Å². The van der Waals surface area contributed by atoms with E-state index in [1.165, 1.54) is 11.1 Å². The predicted molar refractivity (Wildman–Crippen MR) is 133 cm³/mol. The molecule has 2 aromatic carbocycles. The molecule has 2 atom stereocenters. The smallest absolute Gasteiger partial charge is 0.269 e. The van der Waals surface area contributed by atoms with Gasteiger partial charge in [0.1, 0.15) is 5.82 Å². The minimum Gasteiger partial charge on any atom is -0.294 e. The first-order chi connectivity index (χ1) is 16.3. The molecule has 7 heteroatoms. The lowest BCUT2D eigenvalue weighted by molar-refractivity contribution is -0.116. The summed E-state index contributed by atoms with van der Waals surface area (Å²) in [5.74, 6) is 0.411.